The Morgan fingerprint density at radius 3 is 2.43 bits per heavy atom. The summed E-state index contributed by atoms with van der Waals surface area (Å²) < 4.78 is 63.0. The molecule has 3 rings (SSSR count). The molecule has 0 aliphatic heterocycles. The lowest BCUT2D eigenvalue weighted by molar-refractivity contribution is 0.390. The van der Waals surface area contributed by atoms with E-state index in [0.717, 1.165) is 24.5 Å². The van der Waals surface area contributed by atoms with Crippen molar-refractivity contribution in [2.45, 2.75) is 35.1 Å². The number of benzene rings is 2. The number of hydrogen-bond acceptors (Lipinski definition) is 6. The maximum atomic E-state index is 12.7. The second-order valence-corrected chi connectivity index (χ2v) is 9.65. The fraction of sp³-hybridized carbons (Fsp3) is 0.263. The lowest BCUT2D eigenvalue weighted by atomic mass is 10.1. The van der Waals surface area contributed by atoms with Crippen molar-refractivity contribution in [1.82, 2.24) is 4.72 Å². The molecule has 1 fully saturated rings. The van der Waals surface area contributed by atoms with Gasteiger partial charge in [0, 0.05) is 6.04 Å². The maximum Gasteiger partial charge on any atom is 0.339 e. The van der Waals surface area contributed by atoms with Crippen LogP contribution in [0.3, 0.4) is 0 Å². The Morgan fingerprint density at radius 2 is 1.79 bits per heavy atom. The zero-order chi connectivity index (χ0) is 20.4. The van der Waals surface area contributed by atoms with Crippen LogP contribution in [0.1, 0.15) is 18.4 Å². The van der Waals surface area contributed by atoms with Crippen molar-refractivity contribution < 1.29 is 25.8 Å². The third-order valence-electron chi connectivity index (χ3n) is 4.11. The number of sulfonamides is 1. The second-order valence-electron chi connectivity index (χ2n) is 6.39. The van der Waals surface area contributed by atoms with E-state index in [9.17, 15) is 16.8 Å². The lowest BCUT2D eigenvalue weighted by Crippen LogP contribution is -2.26. The molecule has 150 valence electrons. The Hall–Kier alpha value is -2.36. The molecule has 0 atom stereocenters. The summed E-state index contributed by atoms with van der Waals surface area (Å²) in [6, 6.07) is 9.84. The molecule has 28 heavy (non-hydrogen) atoms. The second kappa shape index (κ2) is 7.94. The molecule has 2 aromatic rings. The van der Waals surface area contributed by atoms with Gasteiger partial charge in [-0.05, 0) is 55.2 Å². The van der Waals surface area contributed by atoms with Crippen molar-refractivity contribution in [2.24, 2.45) is 0 Å². The summed E-state index contributed by atoms with van der Waals surface area (Å²) in [4.78, 5) is -0.388. The molecule has 7 nitrogen and oxygen atoms in total. The minimum Gasteiger partial charge on any atom is -0.493 e. The van der Waals surface area contributed by atoms with Crippen LogP contribution in [-0.4, -0.2) is 30.0 Å². The highest BCUT2D eigenvalue weighted by Gasteiger charge is 2.29. The Balaban J connectivity index is 1.89. The molecule has 0 heterocycles. The van der Waals surface area contributed by atoms with Gasteiger partial charge in [0.05, 0.1) is 12.0 Å². The van der Waals surface area contributed by atoms with Crippen molar-refractivity contribution >= 4 is 20.1 Å². The first-order valence-electron chi connectivity index (χ1n) is 8.60. The Bertz CT molecular complexity index is 1090. The number of ether oxygens (including phenoxy) is 1. The van der Waals surface area contributed by atoms with E-state index in [1.54, 1.807) is 18.2 Å². The summed E-state index contributed by atoms with van der Waals surface area (Å²) in [6.45, 7) is 3.66. The monoisotopic (exact) mass is 423 g/mol. The summed E-state index contributed by atoms with van der Waals surface area (Å²) in [5, 5.41) is 0. The molecule has 0 saturated heterocycles. The predicted molar refractivity (Wildman–Crippen MR) is 104 cm³/mol. The van der Waals surface area contributed by atoms with E-state index in [-0.39, 0.29) is 27.3 Å². The molecule has 1 aliphatic carbocycles. The highest BCUT2D eigenvalue weighted by molar-refractivity contribution is 7.89. The van der Waals surface area contributed by atoms with Crippen molar-refractivity contribution in [3.05, 3.63) is 60.7 Å². The Labute approximate surface area is 165 Å². The summed E-state index contributed by atoms with van der Waals surface area (Å²) >= 11 is 0. The Morgan fingerprint density at radius 1 is 1.07 bits per heavy atom. The lowest BCUT2D eigenvalue weighted by Gasteiger charge is -2.12. The third kappa shape index (κ3) is 4.73. The van der Waals surface area contributed by atoms with Gasteiger partial charge in [-0.15, -0.1) is 6.58 Å². The van der Waals surface area contributed by atoms with Crippen molar-refractivity contribution in [2.75, 3.05) is 7.11 Å². The molecule has 1 N–H and O–H groups in total. The summed E-state index contributed by atoms with van der Waals surface area (Å²) in [6.07, 6.45) is 3.87. The molecule has 0 unspecified atom stereocenters. The molecule has 0 spiro atoms. The Kier molecular flexibility index (Phi) is 5.78. The van der Waals surface area contributed by atoms with Gasteiger partial charge in [0.1, 0.15) is 4.90 Å². The molecule has 0 amide bonds. The minimum absolute atomic E-state index is 0.0136. The van der Waals surface area contributed by atoms with Crippen LogP contribution in [0.5, 0.6) is 11.5 Å². The molecule has 0 radical (unpaired) electrons. The van der Waals surface area contributed by atoms with Crippen LogP contribution >= 0.6 is 0 Å². The molecule has 0 aromatic heterocycles. The van der Waals surface area contributed by atoms with Gasteiger partial charge in [-0.25, -0.2) is 13.1 Å². The standard InChI is InChI=1S/C19H21NO6S2/c1-3-5-14-8-11-18(19(12-14)25-2)26-28(23,24)17-7-4-6-16(13-17)27(21,22)20-15-9-10-15/h3-4,6-8,11-13,15,20H,1,5,9-10H2,2H3. The normalized spacial score (nSPS) is 14.5. The predicted octanol–water partition coefficient (Wildman–Crippen LogP) is 2.63. The number of methoxy groups -OCH3 is 1. The smallest absolute Gasteiger partial charge is 0.339 e. The van der Waals surface area contributed by atoms with Crippen LogP contribution < -0.4 is 13.6 Å². The average molecular weight is 424 g/mol. The van der Waals surface area contributed by atoms with E-state index in [1.807, 2.05) is 0 Å². The van der Waals surface area contributed by atoms with Crippen LogP contribution in [0, 0.1) is 0 Å². The van der Waals surface area contributed by atoms with E-state index in [4.69, 9.17) is 8.92 Å². The first-order chi connectivity index (χ1) is 13.2. The van der Waals surface area contributed by atoms with Gasteiger partial charge in [-0.1, -0.05) is 18.2 Å². The van der Waals surface area contributed by atoms with Gasteiger partial charge in [0.25, 0.3) is 0 Å². The number of nitrogens with one attached hydrogen (secondary N) is 1. The zero-order valence-corrected chi connectivity index (χ0v) is 16.9. The van der Waals surface area contributed by atoms with E-state index >= 15 is 0 Å². The largest absolute Gasteiger partial charge is 0.493 e. The van der Waals surface area contributed by atoms with Crippen LogP contribution in [0.15, 0.2) is 64.9 Å². The van der Waals surface area contributed by atoms with Crippen LogP contribution in [0.25, 0.3) is 0 Å². The topological polar surface area (TPSA) is 98.8 Å². The molecule has 1 aliphatic rings. The third-order valence-corrected chi connectivity index (χ3v) is 6.86. The van der Waals surface area contributed by atoms with Gasteiger partial charge >= 0.3 is 10.1 Å². The summed E-state index contributed by atoms with van der Waals surface area (Å²) in [7, 11) is -6.63. The van der Waals surface area contributed by atoms with E-state index in [2.05, 4.69) is 11.3 Å². The van der Waals surface area contributed by atoms with Gasteiger partial charge in [0.2, 0.25) is 10.0 Å². The first kappa shape index (κ1) is 20.4. The molecule has 2 aromatic carbocycles. The molecular weight excluding hydrogens is 402 g/mol. The van der Waals surface area contributed by atoms with Gasteiger partial charge < -0.3 is 8.92 Å². The van der Waals surface area contributed by atoms with Crippen molar-refractivity contribution in [3.8, 4) is 11.5 Å². The molecule has 1 saturated carbocycles. The van der Waals surface area contributed by atoms with Crippen molar-refractivity contribution in [3.63, 3.8) is 0 Å². The molecule has 9 heteroatoms. The number of rotatable bonds is 9. The van der Waals surface area contributed by atoms with Gasteiger partial charge in [-0.2, -0.15) is 8.42 Å². The summed E-state index contributed by atoms with van der Waals surface area (Å²) in [5.74, 6) is 0.266. The van der Waals surface area contributed by atoms with Gasteiger partial charge in [-0.3, -0.25) is 0 Å². The van der Waals surface area contributed by atoms with E-state index < -0.39 is 20.1 Å². The van der Waals surface area contributed by atoms with Crippen LogP contribution in [0.2, 0.25) is 0 Å². The molecular formula is C19H21NO6S2. The molecule has 0 bridgehead atoms. The summed E-state index contributed by atoms with van der Waals surface area (Å²) in [5.41, 5.74) is 0.885. The van der Waals surface area contributed by atoms with Gasteiger partial charge in [0.15, 0.2) is 11.5 Å². The average Bonchev–Trinajstić information content (AvgIpc) is 3.46. The van der Waals surface area contributed by atoms with Crippen molar-refractivity contribution in [1.29, 1.82) is 0 Å². The maximum absolute atomic E-state index is 12.7. The quantitative estimate of drug-likeness (QED) is 0.492. The fourth-order valence-corrected chi connectivity index (χ4v) is 4.94. The SMILES string of the molecule is C=CCc1ccc(OS(=O)(=O)c2cccc(S(=O)(=O)NC3CC3)c2)c(OC)c1. The van der Waals surface area contributed by atoms with Crippen LogP contribution in [0.4, 0.5) is 0 Å². The number of hydrogen-bond donors (Lipinski definition) is 1. The zero-order valence-electron chi connectivity index (χ0n) is 15.3. The van der Waals surface area contributed by atoms with E-state index in [0.29, 0.717) is 6.42 Å². The highest BCUT2D eigenvalue weighted by atomic mass is 32.2. The first-order valence-corrected chi connectivity index (χ1v) is 11.5. The fourth-order valence-electron chi connectivity index (χ4n) is 2.53. The highest BCUT2D eigenvalue weighted by Crippen LogP contribution is 2.31. The van der Waals surface area contributed by atoms with E-state index in [1.165, 1.54) is 31.4 Å². The van der Waals surface area contributed by atoms with Crippen LogP contribution in [-0.2, 0) is 26.6 Å². The number of allylic oxidation sites excluding steroid dienone is 1. The minimum atomic E-state index is -4.26.